The van der Waals surface area contributed by atoms with Gasteiger partial charge in [-0.2, -0.15) is 0 Å². The zero-order valence-electron chi connectivity index (χ0n) is 10.9. The quantitative estimate of drug-likeness (QED) is 0.765. The molecule has 1 aromatic rings. The van der Waals surface area contributed by atoms with Crippen LogP contribution in [0.3, 0.4) is 0 Å². The fourth-order valence-corrected chi connectivity index (χ4v) is 2.44. The van der Waals surface area contributed by atoms with Crippen LogP contribution in [0.4, 0.5) is 10.7 Å². The molecule has 1 heterocycles. The van der Waals surface area contributed by atoms with Gasteiger partial charge in [0.1, 0.15) is 0 Å². The molecule has 0 radical (unpaired) electrons. The van der Waals surface area contributed by atoms with Gasteiger partial charge in [0, 0.05) is 19.0 Å². The number of ketones is 1. The van der Waals surface area contributed by atoms with Crippen LogP contribution in [0, 0.1) is 5.92 Å². The third-order valence-electron chi connectivity index (χ3n) is 2.37. The average Bonchev–Trinajstić information content (AvgIpc) is 2.58. The lowest BCUT2D eigenvalue weighted by atomic mass is 10.1. The van der Waals surface area contributed by atoms with E-state index in [9.17, 15) is 4.79 Å². The van der Waals surface area contributed by atoms with E-state index in [-0.39, 0.29) is 11.7 Å². The van der Waals surface area contributed by atoms with Gasteiger partial charge >= 0.3 is 0 Å². The van der Waals surface area contributed by atoms with Crippen LogP contribution in [0.15, 0.2) is 6.07 Å². The summed E-state index contributed by atoms with van der Waals surface area (Å²) in [5.41, 5.74) is 6.44. The number of likely N-dealkylation sites (N-methyl/N-ethyl adjacent to an activating group) is 1. The van der Waals surface area contributed by atoms with Crippen molar-refractivity contribution in [3.63, 3.8) is 0 Å². The second kappa shape index (κ2) is 6.02. The molecule has 0 aliphatic rings. The van der Waals surface area contributed by atoms with Crippen molar-refractivity contribution in [3.05, 3.63) is 10.9 Å². The molecule has 0 bridgehead atoms. The first-order valence-corrected chi connectivity index (χ1v) is 6.55. The molecule has 0 atom stereocenters. The molecule has 3 N–H and O–H groups in total. The van der Waals surface area contributed by atoms with Gasteiger partial charge < -0.3 is 16.0 Å². The summed E-state index contributed by atoms with van der Waals surface area (Å²) in [4.78, 5) is 14.6. The van der Waals surface area contributed by atoms with Crippen molar-refractivity contribution >= 4 is 27.8 Å². The molecule has 0 aliphatic heterocycles. The summed E-state index contributed by atoms with van der Waals surface area (Å²) in [6.07, 6.45) is 0. The molecule has 0 aromatic carbocycles. The van der Waals surface area contributed by atoms with Crippen molar-refractivity contribution in [3.8, 4) is 0 Å². The lowest BCUT2D eigenvalue weighted by molar-refractivity contribution is 0.0944. The van der Waals surface area contributed by atoms with Crippen LogP contribution in [0.2, 0.25) is 0 Å². The number of carbonyl (C=O) groups is 1. The lowest BCUT2D eigenvalue weighted by Crippen LogP contribution is -2.20. The largest absolute Gasteiger partial charge is 0.397 e. The SMILES string of the molecule is CC(C)C(=O)c1sc(NCCN(C)C)cc1N. The topological polar surface area (TPSA) is 58.4 Å². The zero-order valence-corrected chi connectivity index (χ0v) is 11.7. The summed E-state index contributed by atoms with van der Waals surface area (Å²) >= 11 is 1.44. The number of nitrogens with two attached hydrogens (primary N) is 1. The van der Waals surface area contributed by atoms with Gasteiger partial charge in [-0.15, -0.1) is 11.3 Å². The van der Waals surface area contributed by atoms with E-state index in [4.69, 9.17) is 5.73 Å². The lowest BCUT2D eigenvalue weighted by Gasteiger charge is -2.09. The van der Waals surface area contributed by atoms with Crippen LogP contribution in [-0.4, -0.2) is 37.9 Å². The Morgan fingerprint density at radius 3 is 2.71 bits per heavy atom. The van der Waals surface area contributed by atoms with Crippen molar-refractivity contribution in [1.82, 2.24) is 4.90 Å². The molecule has 0 saturated heterocycles. The second-order valence-electron chi connectivity index (χ2n) is 4.64. The maximum absolute atomic E-state index is 11.9. The normalized spacial score (nSPS) is 11.2. The van der Waals surface area contributed by atoms with Crippen molar-refractivity contribution in [1.29, 1.82) is 0 Å². The van der Waals surface area contributed by atoms with Gasteiger partial charge in [0.15, 0.2) is 5.78 Å². The van der Waals surface area contributed by atoms with Gasteiger partial charge in [0.25, 0.3) is 0 Å². The third kappa shape index (κ3) is 4.02. The summed E-state index contributed by atoms with van der Waals surface area (Å²) in [5, 5.41) is 4.24. The van der Waals surface area contributed by atoms with Gasteiger partial charge in [-0.05, 0) is 20.2 Å². The molecule has 4 nitrogen and oxygen atoms in total. The molecule has 1 rings (SSSR count). The summed E-state index contributed by atoms with van der Waals surface area (Å²) in [6, 6.07) is 1.84. The number of Topliss-reactive ketones (excluding diaryl/α,β-unsaturated/α-hetero) is 1. The summed E-state index contributed by atoms with van der Waals surface area (Å²) < 4.78 is 0. The molecule has 17 heavy (non-hydrogen) atoms. The Morgan fingerprint density at radius 1 is 1.53 bits per heavy atom. The molecular weight excluding hydrogens is 234 g/mol. The zero-order chi connectivity index (χ0) is 13.0. The first kappa shape index (κ1) is 14.0. The predicted molar refractivity (Wildman–Crippen MR) is 74.9 cm³/mol. The molecule has 1 aromatic heterocycles. The van der Waals surface area contributed by atoms with E-state index in [1.54, 1.807) is 0 Å². The molecule has 0 saturated carbocycles. The molecular formula is C12H21N3OS. The highest BCUT2D eigenvalue weighted by Crippen LogP contribution is 2.30. The Hall–Kier alpha value is -1.07. The number of rotatable bonds is 6. The molecule has 0 aliphatic carbocycles. The van der Waals surface area contributed by atoms with Crippen LogP contribution in [0.5, 0.6) is 0 Å². The third-order valence-corrected chi connectivity index (χ3v) is 3.49. The van der Waals surface area contributed by atoms with Gasteiger partial charge in [0.2, 0.25) is 0 Å². The number of nitrogens with one attached hydrogen (secondary N) is 1. The summed E-state index contributed by atoms with van der Waals surface area (Å²) in [7, 11) is 4.05. The van der Waals surface area contributed by atoms with Gasteiger partial charge in [-0.1, -0.05) is 13.8 Å². The Labute approximate surface area is 107 Å². The van der Waals surface area contributed by atoms with Crippen LogP contribution in [0.1, 0.15) is 23.5 Å². The summed E-state index contributed by atoms with van der Waals surface area (Å²) in [5.74, 6) is 0.110. The minimum atomic E-state index is -0.00873. The fourth-order valence-electron chi connectivity index (χ4n) is 1.35. The van der Waals surface area contributed by atoms with E-state index in [2.05, 4.69) is 10.2 Å². The number of thiophene rings is 1. The fraction of sp³-hybridized carbons (Fsp3) is 0.583. The van der Waals surface area contributed by atoms with Crippen molar-refractivity contribution < 1.29 is 4.79 Å². The molecule has 0 spiro atoms. The first-order chi connectivity index (χ1) is 7.91. The van der Waals surface area contributed by atoms with Gasteiger partial charge in [-0.3, -0.25) is 4.79 Å². The Morgan fingerprint density at radius 2 is 2.18 bits per heavy atom. The van der Waals surface area contributed by atoms with E-state index in [1.807, 2.05) is 34.0 Å². The van der Waals surface area contributed by atoms with Crippen molar-refractivity contribution in [2.45, 2.75) is 13.8 Å². The van der Waals surface area contributed by atoms with Gasteiger partial charge in [0.05, 0.1) is 15.6 Å². The van der Waals surface area contributed by atoms with E-state index in [1.165, 1.54) is 11.3 Å². The number of nitrogen functional groups attached to an aromatic ring is 1. The Bertz CT molecular complexity index is 385. The second-order valence-corrected chi connectivity index (χ2v) is 5.70. The van der Waals surface area contributed by atoms with Crippen LogP contribution < -0.4 is 11.1 Å². The van der Waals surface area contributed by atoms with E-state index >= 15 is 0 Å². The first-order valence-electron chi connectivity index (χ1n) is 5.74. The molecule has 96 valence electrons. The van der Waals surface area contributed by atoms with Gasteiger partial charge in [-0.25, -0.2) is 0 Å². The molecule has 0 fully saturated rings. The van der Waals surface area contributed by atoms with Crippen LogP contribution in [-0.2, 0) is 0 Å². The van der Waals surface area contributed by atoms with Crippen LogP contribution in [0.25, 0.3) is 0 Å². The molecule has 0 amide bonds. The number of hydrogen-bond acceptors (Lipinski definition) is 5. The van der Waals surface area contributed by atoms with E-state index < -0.39 is 0 Å². The number of nitrogens with zero attached hydrogens (tertiary/aromatic N) is 1. The standard InChI is InChI=1S/C12H21N3OS/c1-8(2)11(16)12-9(13)7-10(17-12)14-5-6-15(3)4/h7-8,14H,5-6,13H2,1-4H3. The highest BCUT2D eigenvalue weighted by atomic mass is 32.1. The van der Waals surface area contributed by atoms with E-state index in [0.29, 0.717) is 10.6 Å². The highest BCUT2D eigenvalue weighted by molar-refractivity contribution is 7.18. The Balaban J connectivity index is 2.65. The number of hydrogen-bond donors (Lipinski definition) is 2. The molecule has 0 unspecified atom stereocenters. The van der Waals surface area contributed by atoms with E-state index in [0.717, 1.165) is 18.1 Å². The van der Waals surface area contributed by atoms with Crippen molar-refractivity contribution in [2.24, 2.45) is 5.92 Å². The number of carbonyl (C=O) groups excluding carboxylic acids is 1. The van der Waals surface area contributed by atoms with Crippen LogP contribution >= 0.6 is 11.3 Å². The monoisotopic (exact) mass is 255 g/mol. The van der Waals surface area contributed by atoms with Crippen molar-refractivity contribution in [2.75, 3.05) is 38.2 Å². The Kier molecular flexibility index (Phi) is 4.96. The minimum absolute atomic E-state index is 0.00873. The average molecular weight is 255 g/mol. The minimum Gasteiger partial charge on any atom is -0.397 e. The maximum atomic E-state index is 11.9. The highest BCUT2D eigenvalue weighted by Gasteiger charge is 2.17. The smallest absolute Gasteiger partial charge is 0.177 e. The molecule has 5 heteroatoms. The summed E-state index contributed by atoms with van der Waals surface area (Å²) in [6.45, 7) is 5.58. The number of anilines is 2. The predicted octanol–water partition coefficient (Wildman–Crippen LogP) is 2.14. The maximum Gasteiger partial charge on any atom is 0.177 e.